The second-order valence-electron chi connectivity index (χ2n) is 5.77. The number of halogens is 2. The van der Waals surface area contributed by atoms with Gasteiger partial charge in [0.15, 0.2) is 0 Å². The molecule has 0 saturated heterocycles. The zero-order chi connectivity index (χ0) is 18.3. The fraction of sp³-hybridized carbons (Fsp3) is 0.0526. The van der Waals surface area contributed by atoms with Gasteiger partial charge in [0.05, 0.1) is 17.2 Å². The molecule has 3 N–H and O–H groups in total. The number of nitrogens with one attached hydrogen (secondary N) is 1. The molecule has 2 heterocycles. The summed E-state index contributed by atoms with van der Waals surface area (Å²) in [5.41, 5.74) is 7.58. The summed E-state index contributed by atoms with van der Waals surface area (Å²) in [6, 6.07) is 14.2. The van der Waals surface area contributed by atoms with Gasteiger partial charge in [0.1, 0.15) is 23.3 Å². The number of hydrogen-bond acceptors (Lipinski definition) is 4. The molecule has 0 spiro atoms. The van der Waals surface area contributed by atoms with Gasteiger partial charge in [0.2, 0.25) is 11.8 Å². The van der Waals surface area contributed by atoms with Gasteiger partial charge in [-0.1, -0.05) is 30.3 Å². The molecule has 0 radical (unpaired) electrons. The number of nitriles is 1. The molecule has 3 aromatic rings. The maximum atomic E-state index is 14.5. The topological polar surface area (TPSA) is 87.7 Å². The molecule has 26 heavy (non-hydrogen) atoms. The highest BCUT2D eigenvalue weighted by Gasteiger charge is 2.37. The van der Waals surface area contributed by atoms with Gasteiger partial charge in [0.25, 0.3) is 0 Å². The van der Waals surface area contributed by atoms with E-state index in [1.807, 2.05) is 36.4 Å². The van der Waals surface area contributed by atoms with Crippen LogP contribution in [0.3, 0.4) is 0 Å². The summed E-state index contributed by atoms with van der Waals surface area (Å²) >= 11 is 0. The van der Waals surface area contributed by atoms with Crippen molar-refractivity contribution in [2.24, 2.45) is 5.73 Å². The van der Waals surface area contributed by atoms with Crippen molar-refractivity contribution < 1.29 is 13.5 Å². The molecule has 0 amide bonds. The van der Waals surface area contributed by atoms with Crippen LogP contribution >= 0.6 is 0 Å². The lowest BCUT2D eigenvalue weighted by Gasteiger charge is -2.24. The Morgan fingerprint density at radius 3 is 2.65 bits per heavy atom. The zero-order valence-electron chi connectivity index (χ0n) is 13.3. The van der Waals surface area contributed by atoms with Crippen molar-refractivity contribution in [1.29, 1.82) is 5.26 Å². The summed E-state index contributed by atoms with van der Waals surface area (Å²) in [7, 11) is 0. The highest BCUT2D eigenvalue weighted by atomic mass is 19.1. The molecule has 1 aromatic heterocycles. The molecule has 5 nitrogen and oxygen atoms in total. The minimum absolute atomic E-state index is 0.000538. The van der Waals surface area contributed by atoms with Crippen LogP contribution in [0, 0.1) is 23.0 Å². The molecule has 0 saturated carbocycles. The van der Waals surface area contributed by atoms with E-state index in [0.29, 0.717) is 11.3 Å². The first-order valence-electron chi connectivity index (χ1n) is 7.76. The molecule has 0 fully saturated rings. The minimum atomic E-state index is -0.937. The second kappa shape index (κ2) is 6.01. The van der Waals surface area contributed by atoms with E-state index < -0.39 is 17.6 Å². The number of allylic oxidation sites excluding steroid dienone is 1. The van der Waals surface area contributed by atoms with Gasteiger partial charge < -0.3 is 10.5 Å². The number of nitrogens with zero attached hydrogens (tertiary/aromatic N) is 2. The fourth-order valence-electron chi connectivity index (χ4n) is 3.12. The predicted molar refractivity (Wildman–Crippen MR) is 89.7 cm³/mol. The number of aromatic nitrogens is 2. The zero-order valence-corrected chi connectivity index (χ0v) is 13.3. The number of nitrogens with two attached hydrogens (primary N) is 1. The van der Waals surface area contributed by atoms with Crippen LogP contribution < -0.4 is 10.5 Å². The predicted octanol–water partition coefficient (Wildman–Crippen LogP) is 3.57. The first-order chi connectivity index (χ1) is 12.6. The molecule has 0 aliphatic carbocycles. The molecule has 0 unspecified atom stereocenters. The van der Waals surface area contributed by atoms with Crippen molar-refractivity contribution in [3.8, 4) is 23.2 Å². The van der Waals surface area contributed by atoms with Crippen LogP contribution in [0.5, 0.6) is 5.88 Å². The van der Waals surface area contributed by atoms with Gasteiger partial charge in [0, 0.05) is 5.56 Å². The number of hydrogen-bond donors (Lipinski definition) is 2. The van der Waals surface area contributed by atoms with Gasteiger partial charge in [-0.15, -0.1) is 5.10 Å². The van der Waals surface area contributed by atoms with Crippen LogP contribution in [-0.2, 0) is 0 Å². The number of fused-ring (bicyclic) bond motifs is 1. The van der Waals surface area contributed by atoms with Crippen LogP contribution in [-0.4, -0.2) is 10.2 Å². The third-order valence-corrected chi connectivity index (χ3v) is 4.27. The van der Waals surface area contributed by atoms with Gasteiger partial charge in [-0.25, -0.2) is 8.78 Å². The van der Waals surface area contributed by atoms with Gasteiger partial charge in [-0.3, -0.25) is 5.10 Å². The third kappa shape index (κ3) is 2.40. The molecular formula is C19H12F2N4O. The van der Waals surface area contributed by atoms with Crippen molar-refractivity contribution >= 4 is 0 Å². The molecular weight excluding hydrogens is 338 g/mol. The summed E-state index contributed by atoms with van der Waals surface area (Å²) in [5, 5.41) is 16.5. The van der Waals surface area contributed by atoms with E-state index in [1.54, 1.807) is 0 Å². The smallest absolute Gasteiger partial charge is 0.244 e. The molecule has 1 aliphatic heterocycles. The standard InChI is InChI=1S/C19H12F2N4O/c20-11-6-7-14(21)12(8-11)15-13(9-22)18(23)26-19-16(15)17(24-25-19)10-4-2-1-3-5-10/h1-8,15H,23H2,(H,24,25)/t15-/m1/s1. The average molecular weight is 350 g/mol. The SMILES string of the molecule is N#CC1=C(N)Oc2n[nH]c(-c3ccccc3)c2[C@@H]1c1cc(F)ccc1F. The van der Waals surface area contributed by atoms with Crippen LogP contribution in [0.1, 0.15) is 17.0 Å². The largest absolute Gasteiger partial charge is 0.420 e. The Labute approximate surface area is 147 Å². The Morgan fingerprint density at radius 2 is 1.92 bits per heavy atom. The van der Waals surface area contributed by atoms with Crippen LogP contribution in [0.25, 0.3) is 11.3 Å². The van der Waals surface area contributed by atoms with E-state index in [1.165, 1.54) is 0 Å². The first kappa shape index (κ1) is 15.8. The number of benzene rings is 2. The molecule has 0 bridgehead atoms. The number of ether oxygens (including phenoxy) is 1. The van der Waals surface area contributed by atoms with Crippen LogP contribution in [0.2, 0.25) is 0 Å². The lowest BCUT2D eigenvalue weighted by Crippen LogP contribution is -2.21. The Bertz CT molecular complexity index is 1070. The Hall–Kier alpha value is -3.66. The van der Waals surface area contributed by atoms with Gasteiger partial charge in [-0.05, 0) is 23.8 Å². The molecule has 7 heteroatoms. The Kier molecular flexibility index (Phi) is 3.66. The summed E-state index contributed by atoms with van der Waals surface area (Å²) in [6.45, 7) is 0. The minimum Gasteiger partial charge on any atom is -0.420 e. The number of H-pyrrole nitrogens is 1. The summed E-state index contributed by atoms with van der Waals surface area (Å²) < 4.78 is 33.8. The van der Waals surface area contributed by atoms with Crippen molar-refractivity contribution in [3.05, 3.63) is 82.7 Å². The van der Waals surface area contributed by atoms with Crippen LogP contribution in [0.4, 0.5) is 8.78 Å². The van der Waals surface area contributed by atoms with E-state index >= 15 is 0 Å². The molecule has 4 rings (SSSR count). The lowest BCUT2D eigenvalue weighted by molar-refractivity contribution is 0.378. The molecule has 128 valence electrons. The Morgan fingerprint density at radius 1 is 1.15 bits per heavy atom. The molecule has 1 aliphatic rings. The van der Waals surface area contributed by atoms with Gasteiger partial charge >= 0.3 is 0 Å². The van der Waals surface area contributed by atoms with E-state index in [0.717, 1.165) is 23.8 Å². The van der Waals surface area contributed by atoms with E-state index in [9.17, 15) is 14.0 Å². The fourth-order valence-corrected chi connectivity index (χ4v) is 3.12. The van der Waals surface area contributed by atoms with Crippen LogP contribution in [0.15, 0.2) is 60.0 Å². The third-order valence-electron chi connectivity index (χ3n) is 4.27. The number of aromatic amines is 1. The lowest BCUT2D eigenvalue weighted by atomic mass is 9.82. The van der Waals surface area contributed by atoms with Crippen molar-refractivity contribution in [2.75, 3.05) is 0 Å². The van der Waals surface area contributed by atoms with Crippen molar-refractivity contribution in [1.82, 2.24) is 10.2 Å². The average Bonchev–Trinajstić information content (AvgIpc) is 3.06. The quantitative estimate of drug-likeness (QED) is 0.739. The van der Waals surface area contributed by atoms with Crippen molar-refractivity contribution in [3.63, 3.8) is 0 Å². The highest BCUT2D eigenvalue weighted by Crippen LogP contribution is 2.46. The summed E-state index contributed by atoms with van der Waals surface area (Å²) in [4.78, 5) is 0. The summed E-state index contributed by atoms with van der Waals surface area (Å²) in [5.74, 6) is -2.25. The van der Waals surface area contributed by atoms with Crippen molar-refractivity contribution in [2.45, 2.75) is 5.92 Å². The molecule has 1 atom stereocenters. The molecule has 2 aromatic carbocycles. The summed E-state index contributed by atoms with van der Waals surface area (Å²) in [6.07, 6.45) is 0. The maximum Gasteiger partial charge on any atom is 0.244 e. The highest BCUT2D eigenvalue weighted by molar-refractivity contribution is 5.70. The maximum absolute atomic E-state index is 14.5. The first-order valence-corrected chi connectivity index (χ1v) is 7.76. The van der Waals surface area contributed by atoms with E-state index in [4.69, 9.17) is 10.5 Å². The normalized spacial score (nSPS) is 16.0. The van der Waals surface area contributed by atoms with E-state index in [2.05, 4.69) is 10.2 Å². The number of rotatable bonds is 2. The Balaban J connectivity index is 2.00. The second-order valence-corrected chi connectivity index (χ2v) is 5.77. The van der Waals surface area contributed by atoms with Gasteiger partial charge in [-0.2, -0.15) is 5.26 Å². The van der Waals surface area contributed by atoms with E-state index in [-0.39, 0.29) is 22.9 Å². The monoisotopic (exact) mass is 350 g/mol.